The van der Waals surface area contributed by atoms with Crippen LogP contribution in [0.1, 0.15) is 28.0 Å². The molecule has 0 saturated carbocycles. The Morgan fingerprint density at radius 2 is 2.46 bits per heavy atom. The Morgan fingerprint density at radius 1 is 1.69 bits per heavy atom. The lowest BCUT2D eigenvalue weighted by Crippen LogP contribution is -2.41. The Labute approximate surface area is 81.4 Å². The number of carbonyl (C=O) groups is 1. The fraction of sp³-hybridized carbons (Fsp3) is 0.556. The molecule has 1 amide bonds. The first kappa shape index (κ1) is 8.69. The van der Waals surface area contributed by atoms with Crippen molar-refractivity contribution in [3.8, 4) is 0 Å². The summed E-state index contributed by atoms with van der Waals surface area (Å²) in [6.45, 7) is 3.88. The van der Waals surface area contributed by atoms with Crippen molar-refractivity contribution in [2.24, 2.45) is 0 Å². The van der Waals surface area contributed by atoms with Gasteiger partial charge in [0, 0.05) is 24.2 Å². The Bertz CT molecular complexity index is 317. The Morgan fingerprint density at radius 3 is 2.92 bits per heavy atom. The van der Waals surface area contributed by atoms with Gasteiger partial charge in [-0.15, -0.1) is 11.3 Å². The number of aryl methyl sites for hydroxylation is 1. The van der Waals surface area contributed by atoms with E-state index in [1.165, 1.54) is 16.2 Å². The molecule has 1 saturated heterocycles. The van der Waals surface area contributed by atoms with Gasteiger partial charge in [-0.25, -0.2) is 4.98 Å². The predicted octanol–water partition coefficient (Wildman–Crippen LogP) is 1.55. The number of hydrogen-bond acceptors (Lipinski definition) is 3. The summed E-state index contributed by atoms with van der Waals surface area (Å²) < 4.78 is 0. The average molecular weight is 196 g/mol. The molecule has 70 valence electrons. The van der Waals surface area contributed by atoms with E-state index in [9.17, 15) is 4.79 Å². The molecule has 4 heteroatoms. The van der Waals surface area contributed by atoms with Crippen LogP contribution < -0.4 is 0 Å². The quantitative estimate of drug-likeness (QED) is 0.719. The maximum absolute atomic E-state index is 11.6. The average Bonchev–Trinajstić information content (AvgIpc) is 2.48. The molecule has 0 radical (unpaired) electrons. The van der Waals surface area contributed by atoms with Gasteiger partial charge < -0.3 is 4.90 Å². The van der Waals surface area contributed by atoms with Crippen LogP contribution in [0.25, 0.3) is 0 Å². The van der Waals surface area contributed by atoms with Gasteiger partial charge in [0.25, 0.3) is 5.91 Å². The van der Waals surface area contributed by atoms with Gasteiger partial charge in [-0.3, -0.25) is 4.79 Å². The second kappa shape index (κ2) is 3.46. The molecule has 2 heterocycles. The second-order valence-corrected chi connectivity index (χ2v) is 4.25. The molecule has 0 unspecified atom stereocenters. The second-order valence-electron chi connectivity index (χ2n) is 3.13. The zero-order valence-corrected chi connectivity index (χ0v) is 8.43. The maximum atomic E-state index is 11.6. The molecular formula is C9H12N2OS. The molecule has 1 aliphatic rings. The number of hydrogen-bond donors (Lipinski definition) is 0. The SMILES string of the molecule is CCc1cnc(C(=O)N2CCC2)s1. The van der Waals surface area contributed by atoms with Crippen LogP contribution in [-0.4, -0.2) is 28.9 Å². The summed E-state index contributed by atoms with van der Waals surface area (Å²) in [5.74, 6) is 0.107. The van der Waals surface area contributed by atoms with Crippen molar-refractivity contribution in [1.82, 2.24) is 9.88 Å². The van der Waals surface area contributed by atoms with Gasteiger partial charge in [-0.1, -0.05) is 6.92 Å². The number of thiazole rings is 1. The number of carbonyl (C=O) groups excluding carboxylic acids is 1. The standard InChI is InChI=1S/C9H12N2OS/c1-2-7-6-10-8(13-7)9(12)11-4-3-5-11/h6H,2-5H2,1H3. The summed E-state index contributed by atoms with van der Waals surface area (Å²) in [4.78, 5) is 18.8. The molecule has 3 nitrogen and oxygen atoms in total. The Balaban J connectivity index is 2.10. The van der Waals surface area contributed by atoms with E-state index >= 15 is 0 Å². The lowest BCUT2D eigenvalue weighted by atomic mass is 10.2. The van der Waals surface area contributed by atoms with Crippen LogP contribution in [0, 0.1) is 0 Å². The molecule has 1 aromatic heterocycles. The van der Waals surface area contributed by atoms with Crippen molar-refractivity contribution in [2.75, 3.05) is 13.1 Å². The summed E-state index contributed by atoms with van der Waals surface area (Å²) in [5, 5.41) is 0.650. The smallest absolute Gasteiger partial charge is 0.282 e. The summed E-state index contributed by atoms with van der Waals surface area (Å²) >= 11 is 1.52. The molecule has 0 aromatic carbocycles. The summed E-state index contributed by atoms with van der Waals surface area (Å²) in [6.07, 6.45) is 3.90. The highest BCUT2D eigenvalue weighted by atomic mass is 32.1. The van der Waals surface area contributed by atoms with E-state index < -0.39 is 0 Å². The van der Waals surface area contributed by atoms with Gasteiger partial charge in [0.15, 0.2) is 5.01 Å². The van der Waals surface area contributed by atoms with Crippen LogP contribution in [0.15, 0.2) is 6.20 Å². The monoisotopic (exact) mass is 196 g/mol. The van der Waals surface area contributed by atoms with Crippen LogP contribution >= 0.6 is 11.3 Å². The number of amides is 1. The first-order chi connectivity index (χ1) is 6.31. The number of rotatable bonds is 2. The molecular weight excluding hydrogens is 184 g/mol. The third-order valence-corrected chi connectivity index (χ3v) is 3.36. The zero-order chi connectivity index (χ0) is 9.26. The fourth-order valence-corrected chi connectivity index (χ4v) is 2.04. The largest absolute Gasteiger partial charge is 0.336 e. The molecule has 13 heavy (non-hydrogen) atoms. The minimum atomic E-state index is 0.107. The van der Waals surface area contributed by atoms with Crippen molar-refractivity contribution in [2.45, 2.75) is 19.8 Å². The van der Waals surface area contributed by atoms with E-state index in [4.69, 9.17) is 0 Å². The van der Waals surface area contributed by atoms with E-state index in [0.717, 1.165) is 25.9 Å². The molecule has 2 rings (SSSR count). The minimum absolute atomic E-state index is 0.107. The lowest BCUT2D eigenvalue weighted by Gasteiger charge is -2.29. The predicted molar refractivity (Wildman–Crippen MR) is 52.0 cm³/mol. The number of likely N-dealkylation sites (tertiary alicyclic amines) is 1. The van der Waals surface area contributed by atoms with E-state index in [0.29, 0.717) is 5.01 Å². The Hall–Kier alpha value is -0.900. The molecule has 0 atom stereocenters. The van der Waals surface area contributed by atoms with Crippen molar-refractivity contribution >= 4 is 17.2 Å². The van der Waals surface area contributed by atoms with Crippen molar-refractivity contribution in [1.29, 1.82) is 0 Å². The molecule has 0 N–H and O–H groups in total. The molecule has 1 fully saturated rings. The normalized spacial score (nSPS) is 15.6. The molecule has 0 bridgehead atoms. The minimum Gasteiger partial charge on any atom is -0.336 e. The third-order valence-electron chi connectivity index (χ3n) is 2.23. The van der Waals surface area contributed by atoms with E-state index in [2.05, 4.69) is 11.9 Å². The van der Waals surface area contributed by atoms with Gasteiger partial charge in [0.05, 0.1) is 0 Å². The van der Waals surface area contributed by atoms with Crippen molar-refractivity contribution in [3.05, 3.63) is 16.1 Å². The molecule has 1 aliphatic heterocycles. The van der Waals surface area contributed by atoms with E-state index in [1.54, 1.807) is 6.20 Å². The van der Waals surface area contributed by atoms with Crippen LogP contribution in [0.4, 0.5) is 0 Å². The highest BCUT2D eigenvalue weighted by Gasteiger charge is 2.23. The van der Waals surface area contributed by atoms with Gasteiger partial charge in [0.1, 0.15) is 0 Å². The highest BCUT2D eigenvalue weighted by molar-refractivity contribution is 7.13. The van der Waals surface area contributed by atoms with Crippen molar-refractivity contribution in [3.63, 3.8) is 0 Å². The molecule has 0 aliphatic carbocycles. The molecule has 1 aromatic rings. The summed E-state index contributed by atoms with van der Waals surface area (Å²) in [6, 6.07) is 0. The third kappa shape index (κ3) is 1.58. The van der Waals surface area contributed by atoms with Gasteiger partial charge in [0.2, 0.25) is 0 Å². The van der Waals surface area contributed by atoms with E-state index in [-0.39, 0.29) is 5.91 Å². The van der Waals surface area contributed by atoms with Gasteiger partial charge >= 0.3 is 0 Å². The van der Waals surface area contributed by atoms with Crippen LogP contribution in [0.5, 0.6) is 0 Å². The lowest BCUT2D eigenvalue weighted by molar-refractivity contribution is 0.0651. The maximum Gasteiger partial charge on any atom is 0.282 e. The van der Waals surface area contributed by atoms with Gasteiger partial charge in [-0.05, 0) is 12.8 Å². The number of nitrogens with zero attached hydrogens (tertiary/aromatic N) is 2. The van der Waals surface area contributed by atoms with Crippen molar-refractivity contribution < 1.29 is 4.79 Å². The fourth-order valence-electron chi connectivity index (χ4n) is 1.22. The summed E-state index contributed by atoms with van der Waals surface area (Å²) in [5.41, 5.74) is 0. The topological polar surface area (TPSA) is 33.2 Å². The Kier molecular flexibility index (Phi) is 2.31. The van der Waals surface area contributed by atoms with E-state index in [1.807, 2.05) is 4.90 Å². The zero-order valence-electron chi connectivity index (χ0n) is 7.62. The first-order valence-corrected chi connectivity index (χ1v) is 5.37. The highest BCUT2D eigenvalue weighted by Crippen LogP contribution is 2.18. The van der Waals surface area contributed by atoms with Crippen LogP contribution in [0.3, 0.4) is 0 Å². The van der Waals surface area contributed by atoms with Gasteiger partial charge in [-0.2, -0.15) is 0 Å². The summed E-state index contributed by atoms with van der Waals surface area (Å²) in [7, 11) is 0. The van der Waals surface area contributed by atoms with Crippen LogP contribution in [0.2, 0.25) is 0 Å². The molecule has 0 spiro atoms. The number of aromatic nitrogens is 1. The van der Waals surface area contributed by atoms with Crippen LogP contribution in [-0.2, 0) is 6.42 Å². The first-order valence-electron chi connectivity index (χ1n) is 4.55.